The zero-order chi connectivity index (χ0) is 14.6. The van der Waals surface area contributed by atoms with Crippen molar-refractivity contribution in [3.63, 3.8) is 0 Å². The van der Waals surface area contributed by atoms with Gasteiger partial charge >= 0.3 is 0 Å². The molecule has 1 aromatic rings. The monoisotopic (exact) mass is 358 g/mol. The van der Waals surface area contributed by atoms with E-state index in [-0.39, 0.29) is 11.2 Å². The van der Waals surface area contributed by atoms with Crippen molar-refractivity contribution in [3.8, 4) is 0 Å². The van der Waals surface area contributed by atoms with Crippen LogP contribution in [0.3, 0.4) is 0 Å². The lowest BCUT2D eigenvalue weighted by atomic mass is 9.69. The van der Waals surface area contributed by atoms with Crippen LogP contribution < -0.4 is 0 Å². The van der Waals surface area contributed by atoms with Crippen molar-refractivity contribution in [2.75, 3.05) is 16.8 Å². The molecule has 0 spiro atoms. The Balaban J connectivity index is 2.15. The van der Waals surface area contributed by atoms with Crippen LogP contribution in [0.15, 0.2) is 24.3 Å². The van der Waals surface area contributed by atoms with Gasteiger partial charge in [-0.05, 0) is 43.2 Å². The van der Waals surface area contributed by atoms with Gasteiger partial charge in [-0.2, -0.15) is 0 Å². The van der Waals surface area contributed by atoms with Crippen molar-refractivity contribution in [1.29, 1.82) is 0 Å². The highest BCUT2D eigenvalue weighted by molar-refractivity contribution is 9.09. The first kappa shape index (κ1) is 16.0. The van der Waals surface area contributed by atoms with Crippen LogP contribution in [0.5, 0.6) is 0 Å². The zero-order valence-electron chi connectivity index (χ0n) is 12.1. The van der Waals surface area contributed by atoms with Crippen molar-refractivity contribution in [3.05, 3.63) is 35.4 Å². The molecule has 0 N–H and O–H groups in total. The van der Waals surface area contributed by atoms with Gasteiger partial charge in [-0.25, -0.2) is 8.42 Å². The number of hydrogen-bond acceptors (Lipinski definition) is 2. The Kier molecular flexibility index (Phi) is 5.30. The second-order valence-corrected chi connectivity index (χ2v) is 8.80. The highest BCUT2D eigenvalue weighted by Crippen LogP contribution is 2.42. The molecule has 0 aliphatic heterocycles. The third kappa shape index (κ3) is 3.45. The van der Waals surface area contributed by atoms with E-state index in [9.17, 15) is 8.42 Å². The maximum absolute atomic E-state index is 11.7. The standard InChI is InChI=1S/C16H23BrO2S/c1-2-20(18,19)12-6-11-16(13-17)10-5-8-14-7-3-4-9-15(14)16/h3-4,7,9H,2,5-6,8,10-13H2,1H3. The van der Waals surface area contributed by atoms with Crippen LogP contribution in [0.25, 0.3) is 0 Å². The van der Waals surface area contributed by atoms with Crippen LogP contribution in [0.2, 0.25) is 0 Å². The first-order valence-electron chi connectivity index (χ1n) is 7.38. The predicted molar refractivity (Wildman–Crippen MR) is 88.4 cm³/mol. The van der Waals surface area contributed by atoms with Gasteiger partial charge in [0.25, 0.3) is 0 Å². The number of aryl methyl sites for hydroxylation is 1. The van der Waals surface area contributed by atoms with Crippen molar-refractivity contribution >= 4 is 25.8 Å². The first-order chi connectivity index (χ1) is 9.53. The number of rotatable bonds is 6. The molecule has 0 amide bonds. The molecule has 0 bridgehead atoms. The Morgan fingerprint density at radius 1 is 1.30 bits per heavy atom. The average Bonchev–Trinajstić information content (AvgIpc) is 2.47. The molecule has 2 rings (SSSR count). The normalized spacial score (nSPS) is 22.5. The average molecular weight is 359 g/mol. The predicted octanol–water partition coefficient (Wildman–Crippen LogP) is 3.87. The molecule has 1 unspecified atom stereocenters. The number of fused-ring (bicyclic) bond motifs is 1. The lowest BCUT2D eigenvalue weighted by Gasteiger charge is -2.38. The molecule has 0 heterocycles. The summed E-state index contributed by atoms with van der Waals surface area (Å²) in [5, 5.41) is 0.920. The summed E-state index contributed by atoms with van der Waals surface area (Å²) in [6, 6.07) is 8.65. The smallest absolute Gasteiger partial charge is 0.150 e. The minimum Gasteiger partial charge on any atom is -0.229 e. The van der Waals surface area contributed by atoms with E-state index in [1.54, 1.807) is 6.92 Å². The minimum atomic E-state index is -2.85. The molecule has 1 aliphatic carbocycles. The second kappa shape index (κ2) is 6.61. The Labute approximate surface area is 131 Å². The van der Waals surface area contributed by atoms with Gasteiger partial charge in [0.2, 0.25) is 0 Å². The van der Waals surface area contributed by atoms with Crippen LogP contribution in [0.1, 0.15) is 43.7 Å². The second-order valence-electron chi connectivity index (χ2n) is 5.76. The summed E-state index contributed by atoms with van der Waals surface area (Å²) in [4.78, 5) is 0. The number of alkyl halides is 1. The molecule has 20 heavy (non-hydrogen) atoms. The van der Waals surface area contributed by atoms with E-state index in [1.807, 2.05) is 0 Å². The Hall–Kier alpha value is -0.350. The molecule has 1 aliphatic rings. The minimum absolute atomic E-state index is 0.123. The molecule has 0 fully saturated rings. The zero-order valence-corrected chi connectivity index (χ0v) is 14.5. The van der Waals surface area contributed by atoms with Gasteiger partial charge in [0, 0.05) is 16.5 Å². The van der Waals surface area contributed by atoms with Crippen LogP contribution in [-0.2, 0) is 21.7 Å². The SMILES string of the molecule is CCS(=O)(=O)CCCC1(CBr)CCCc2ccccc21. The number of halogens is 1. The van der Waals surface area contributed by atoms with Crippen molar-refractivity contribution < 1.29 is 8.42 Å². The van der Waals surface area contributed by atoms with Gasteiger partial charge in [-0.1, -0.05) is 47.1 Å². The summed E-state index contributed by atoms with van der Waals surface area (Å²) in [5.74, 6) is 0.575. The lowest BCUT2D eigenvalue weighted by Crippen LogP contribution is -2.33. The van der Waals surface area contributed by atoms with Crippen LogP contribution >= 0.6 is 15.9 Å². The Morgan fingerprint density at radius 2 is 2.05 bits per heavy atom. The van der Waals surface area contributed by atoms with Crippen LogP contribution in [-0.4, -0.2) is 25.3 Å². The summed E-state index contributed by atoms with van der Waals surface area (Å²) in [5.41, 5.74) is 2.99. The van der Waals surface area contributed by atoms with Gasteiger partial charge in [0.05, 0.1) is 5.75 Å². The van der Waals surface area contributed by atoms with E-state index in [2.05, 4.69) is 40.2 Å². The van der Waals surface area contributed by atoms with E-state index in [0.717, 1.165) is 31.0 Å². The van der Waals surface area contributed by atoms with Gasteiger partial charge in [-0.15, -0.1) is 0 Å². The van der Waals surface area contributed by atoms with Gasteiger partial charge < -0.3 is 0 Å². The lowest BCUT2D eigenvalue weighted by molar-refractivity contribution is 0.373. The number of hydrogen-bond donors (Lipinski definition) is 0. The Bertz CT molecular complexity index is 553. The van der Waals surface area contributed by atoms with Crippen LogP contribution in [0.4, 0.5) is 0 Å². The highest BCUT2D eigenvalue weighted by Gasteiger charge is 2.35. The molecular weight excluding hydrogens is 336 g/mol. The summed E-state index contributed by atoms with van der Waals surface area (Å²) < 4.78 is 23.3. The van der Waals surface area contributed by atoms with Crippen LogP contribution in [0, 0.1) is 0 Å². The summed E-state index contributed by atoms with van der Waals surface area (Å²) in [7, 11) is -2.85. The molecule has 1 atom stereocenters. The topological polar surface area (TPSA) is 34.1 Å². The van der Waals surface area contributed by atoms with E-state index in [0.29, 0.717) is 5.75 Å². The third-order valence-electron chi connectivity index (χ3n) is 4.50. The molecule has 2 nitrogen and oxygen atoms in total. The van der Waals surface area contributed by atoms with Crippen molar-refractivity contribution in [2.45, 2.75) is 44.4 Å². The fraction of sp³-hybridized carbons (Fsp3) is 0.625. The van der Waals surface area contributed by atoms with Gasteiger partial charge in [-0.3, -0.25) is 0 Å². The fourth-order valence-electron chi connectivity index (χ4n) is 3.25. The molecule has 0 saturated carbocycles. The number of sulfone groups is 1. The quantitative estimate of drug-likeness (QED) is 0.723. The summed E-state index contributed by atoms with van der Waals surface area (Å²) in [6.07, 6.45) is 5.22. The third-order valence-corrected chi connectivity index (χ3v) is 7.36. The molecular formula is C16H23BrO2S. The molecule has 1 aromatic carbocycles. The van der Waals surface area contributed by atoms with Crippen molar-refractivity contribution in [2.24, 2.45) is 0 Å². The Morgan fingerprint density at radius 3 is 2.75 bits per heavy atom. The van der Waals surface area contributed by atoms with Gasteiger partial charge in [0.15, 0.2) is 0 Å². The van der Waals surface area contributed by atoms with Gasteiger partial charge in [0.1, 0.15) is 9.84 Å². The van der Waals surface area contributed by atoms with Crippen molar-refractivity contribution in [1.82, 2.24) is 0 Å². The summed E-state index contributed by atoms with van der Waals surface area (Å²) in [6.45, 7) is 1.73. The van der Waals surface area contributed by atoms with E-state index < -0.39 is 9.84 Å². The highest BCUT2D eigenvalue weighted by atomic mass is 79.9. The maximum Gasteiger partial charge on any atom is 0.150 e. The largest absolute Gasteiger partial charge is 0.229 e. The molecule has 0 saturated heterocycles. The molecule has 0 radical (unpaired) electrons. The molecule has 0 aromatic heterocycles. The fourth-order valence-corrected chi connectivity index (χ4v) is 4.98. The molecule has 112 valence electrons. The maximum atomic E-state index is 11.7. The first-order valence-corrected chi connectivity index (χ1v) is 10.3. The van der Waals surface area contributed by atoms with E-state index in [4.69, 9.17) is 0 Å². The number of benzene rings is 1. The molecule has 4 heteroatoms. The van der Waals surface area contributed by atoms with E-state index >= 15 is 0 Å². The van der Waals surface area contributed by atoms with E-state index in [1.165, 1.54) is 17.5 Å². The summed E-state index contributed by atoms with van der Waals surface area (Å²) >= 11 is 3.69.